The third kappa shape index (κ3) is 1.57. The summed E-state index contributed by atoms with van der Waals surface area (Å²) in [6.07, 6.45) is 5.18. The topological polar surface area (TPSA) is 50.5 Å². The molecular formula is C21H15NO3. The van der Waals surface area contributed by atoms with Crippen LogP contribution in [0.2, 0.25) is 0 Å². The van der Waals surface area contributed by atoms with Gasteiger partial charge in [-0.15, -0.1) is 0 Å². The third-order valence-corrected chi connectivity index (χ3v) is 6.09. The van der Waals surface area contributed by atoms with Gasteiger partial charge in [0.1, 0.15) is 11.2 Å². The zero-order chi connectivity index (χ0) is 16.7. The van der Waals surface area contributed by atoms with E-state index in [4.69, 9.17) is 4.42 Å². The normalized spacial score (nSPS) is 30.2. The Balaban J connectivity index is 1.48. The van der Waals surface area contributed by atoms with Crippen molar-refractivity contribution in [3.8, 4) is 0 Å². The fraction of sp³-hybridized carbons (Fsp3) is 0.238. The number of rotatable bonds is 1. The molecular weight excluding hydrogens is 314 g/mol. The van der Waals surface area contributed by atoms with E-state index in [-0.39, 0.29) is 35.5 Å². The van der Waals surface area contributed by atoms with Crippen LogP contribution in [0.25, 0.3) is 21.9 Å². The lowest BCUT2D eigenvalue weighted by Crippen LogP contribution is -2.32. The molecule has 2 amide bonds. The van der Waals surface area contributed by atoms with Gasteiger partial charge in [-0.05, 0) is 36.5 Å². The summed E-state index contributed by atoms with van der Waals surface area (Å²) in [5.74, 6) is 0.00475. The van der Waals surface area contributed by atoms with Crippen LogP contribution in [0, 0.1) is 23.7 Å². The van der Waals surface area contributed by atoms with Crippen LogP contribution in [-0.2, 0) is 9.59 Å². The van der Waals surface area contributed by atoms with E-state index in [1.165, 1.54) is 4.90 Å². The molecule has 0 unspecified atom stereocenters. The lowest BCUT2D eigenvalue weighted by Gasteiger charge is -2.17. The van der Waals surface area contributed by atoms with Gasteiger partial charge in [-0.1, -0.05) is 30.4 Å². The highest BCUT2D eigenvalue weighted by molar-refractivity contribution is 6.23. The third-order valence-electron chi connectivity index (χ3n) is 6.09. The van der Waals surface area contributed by atoms with E-state index >= 15 is 0 Å². The van der Waals surface area contributed by atoms with E-state index in [0.29, 0.717) is 11.3 Å². The van der Waals surface area contributed by atoms with Crippen molar-refractivity contribution in [1.29, 1.82) is 0 Å². The molecule has 2 aliphatic carbocycles. The van der Waals surface area contributed by atoms with Crippen molar-refractivity contribution >= 4 is 39.4 Å². The highest BCUT2D eigenvalue weighted by Crippen LogP contribution is 2.53. The van der Waals surface area contributed by atoms with Gasteiger partial charge in [-0.25, -0.2) is 4.90 Å². The lowest BCUT2D eigenvalue weighted by atomic mass is 9.85. The summed E-state index contributed by atoms with van der Waals surface area (Å²) in [6.45, 7) is 0. The predicted octanol–water partition coefficient (Wildman–Crippen LogP) is 3.90. The Kier molecular flexibility index (Phi) is 2.36. The summed E-state index contributed by atoms with van der Waals surface area (Å²) in [4.78, 5) is 27.3. The minimum Gasteiger partial charge on any atom is -0.456 e. The molecule has 1 saturated heterocycles. The number of carbonyl (C=O) groups excluding carboxylic acids is 2. The Morgan fingerprint density at radius 3 is 2.28 bits per heavy atom. The average Bonchev–Trinajstić information content (AvgIpc) is 3.36. The molecule has 3 aliphatic rings. The monoisotopic (exact) mass is 329 g/mol. The van der Waals surface area contributed by atoms with Crippen LogP contribution < -0.4 is 4.90 Å². The molecule has 1 aliphatic heterocycles. The molecule has 4 heteroatoms. The maximum atomic E-state index is 12.9. The van der Waals surface area contributed by atoms with E-state index < -0.39 is 0 Å². The molecule has 0 spiro atoms. The molecule has 2 aromatic carbocycles. The van der Waals surface area contributed by atoms with Crippen molar-refractivity contribution in [1.82, 2.24) is 0 Å². The Labute approximate surface area is 143 Å². The Morgan fingerprint density at radius 1 is 0.840 bits per heavy atom. The van der Waals surface area contributed by atoms with E-state index in [0.717, 1.165) is 22.8 Å². The van der Waals surface area contributed by atoms with Crippen LogP contribution in [0.1, 0.15) is 6.42 Å². The van der Waals surface area contributed by atoms with Crippen LogP contribution in [0.3, 0.4) is 0 Å². The van der Waals surface area contributed by atoms with Gasteiger partial charge >= 0.3 is 0 Å². The number of allylic oxidation sites excluding steroid dienone is 2. The molecule has 1 saturated carbocycles. The van der Waals surface area contributed by atoms with Gasteiger partial charge in [0.05, 0.1) is 17.5 Å². The van der Waals surface area contributed by atoms with Crippen LogP contribution in [0.15, 0.2) is 59.0 Å². The fourth-order valence-electron chi connectivity index (χ4n) is 5.01. The maximum Gasteiger partial charge on any atom is 0.238 e. The second kappa shape index (κ2) is 4.39. The van der Waals surface area contributed by atoms with Crippen molar-refractivity contribution in [3.63, 3.8) is 0 Å². The van der Waals surface area contributed by atoms with Gasteiger partial charge < -0.3 is 4.42 Å². The first-order chi connectivity index (χ1) is 12.2. The predicted molar refractivity (Wildman–Crippen MR) is 93.9 cm³/mol. The molecule has 2 heterocycles. The summed E-state index contributed by atoms with van der Waals surface area (Å²) >= 11 is 0. The number of amides is 2. The van der Waals surface area contributed by atoms with Gasteiger partial charge in [0.15, 0.2) is 0 Å². The molecule has 0 radical (unpaired) electrons. The number of carbonyl (C=O) groups is 2. The number of anilines is 1. The minimum absolute atomic E-state index is 0.0534. The minimum atomic E-state index is -0.172. The number of hydrogen-bond donors (Lipinski definition) is 0. The van der Waals surface area contributed by atoms with Crippen molar-refractivity contribution < 1.29 is 14.0 Å². The zero-order valence-corrected chi connectivity index (χ0v) is 13.4. The van der Waals surface area contributed by atoms with Crippen LogP contribution in [-0.4, -0.2) is 11.8 Å². The second-order valence-corrected chi connectivity index (χ2v) is 7.29. The number of nitrogens with zero attached hydrogens (tertiary/aromatic N) is 1. The SMILES string of the molecule is O=C1[C@@H]2[C@H](C(=O)N1c1ccc3c(c1)oc1ccccc13)[C@H]1C=C[C@H]2C1. The highest BCUT2D eigenvalue weighted by Gasteiger charge is 2.59. The Bertz CT molecular complexity index is 1080. The summed E-state index contributed by atoms with van der Waals surface area (Å²) in [5.41, 5.74) is 2.14. The molecule has 6 rings (SSSR count). The molecule has 4 atom stereocenters. The first-order valence-electron chi connectivity index (χ1n) is 8.70. The summed E-state index contributed by atoms with van der Waals surface area (Å²) < 4.78 is 5.91. The molecule has 2 fully saturated rings. The van der Waals surface area contributed by atoms with Crippen molar-refractivity contribution in [2.75, 3.05) is 4.90 Å². The highest BCUT2D eigenvalue weighted by atomic mass is 16.3. The van der Waals surface area contributed by atoms with E-state index in [1.807, 2.05) is 42.5 Å². The van der Waals surface area contributed by atoms with Gasteiger partial charge in [0.2, 0.25) is 11.8 Å². The quantitative estimate of drug-likeness (QED) is 0.502. The number of benzene rings is 2. The first-order valence-corrected chi connectivity index (χ1v) is 8.70. The summed E-state index contributed by atoms with van der Waals surface area (Å²) in [5, 5.41) is 2.04. The average molecular weight is 329 g/mol. The Morgan fingerprint density at radius 2 is 1.52 bits per heavy atom. The van der Waals surface area contributed by atoms with Crippen molar-refractivity contribution in [3.05, 3.63) is 54.6 Å². The molecule has 0 N–H and O–H groups in total. The number of para-hydroxylation sites is 1. The number of imide groups is 1. The van der Waals surface area contributed by atoms with Crippen LogP contribution in [0.4, 0.5) is 5.69 Å². The van der Waals surface area contributed by atoms with E-state index in [2.05, 4.69) is 12.2 Å². The van der Waals surface area contributed by atoms with E-state index in [9.17, 15) is 9.59 Å². The molecule has 4 nitrogen and oxygen atoms in total. The van der Waals surface area contributed by atoms with Crippen molar-refractivity contribution in [2.45, 2.75) is 6.42 Å². The van der Waals surface area contributed by atoms with Crippen LogP contribution >= 0.6 is 0 Å². The molecule has 25 heavy (non-hydrogen) atoms. The summed E-state index contributed by atoms with van der Waals surface area (Å²) in [6, 6.07) is 13.5. The standard InChI is InChI=1S/C21H15NO3/c23-20-18-11-5-6-12(9-11)19(18)21(24)22(20)13-7-8-15-14-3-1-2-4-16(14)25-17(15)10-13/h1-8,10-12,18-19H,9H2/t11-,12-,18-,19+/m0/s1. The summed E-state index contributed by atoms with van der Waals surface area (Å²) in [7, 11) is 0. The molecule has 1 aromatic heterocycles. The van der Waals surface area contributed by atoms with Gasteiger partial charge in [0, 0.05) is 16.8 Å². The lowest BCUT2D eigenvalue weighted by molar-refractivity contribution is -0.123. The van der Waals surface area contributed by atoms with Crippen molar-refractivity contribution in [2.24, 2.45) is 23.7 Å². The van der Waals surface area contributed by atoms with E-state index in [1.54, 1.807) is 0 Å². The first kappa shape index (κ1) is 13.4. The molecule has 122 valence electrons. The Hall–Kier alpha value is -2.88. The van der Waals surface area contributed by atoms with Gasteiger partial charge in [0.25, 0.3) is 0 Å². The molecule has 3 aromatic rings. The number of furan rings is 1. The number of fused-ring (bicyclic) bond motifs is 8. The zero-order valence-electron chi connectivity index (χ0n) is 13.4. The second-order valence-electron chi connectivity index (χ2n) is 7.29. The smallest absolute Gasteiger partial charge is 0.238 e. The van der Waals surface area contributed by atoms with Crippen LogP contribution in [0.5, 0.6) is 0 Å². The largest absolute Gasteiger partial charge is 0.456 e. The van der Waals surface area contributed by atoms with Gasteiger partial charge in [-0.3, -0.25) is 9.59 Å². The fourth-order valence-corrected chi connectivity index (χ4v) is 5.01. The molecule has 2 bridgehead atoms. The van der Waals surface area contributed by atoms with Gasteiger partial charge in [-0.2, -0.15) is 0 Å². The maximum absolute atomic E-state index is 12.9. The number of hydrogen-bond acceptors (Lipinski definition) is 3.